The van der Waals surface area contributed by atoms with E-state index in [2.05, 4.69) is 12.2 Å². The third-order valence-electron chi connectivity index (χ3n) is 2.85. The number of carbonyl (C=O) groups excluding carboxylic acids is 1. The van der Waals surface area contributed by atoms with Gasteiger partial charge in [0, 0.05) is 32.1 Å². The minimum Gasteiger partial charge on any atom is -0.395 e. The first kappa shape index (κ1) is 13.5. The molecule has 1 aliphatic carbocycles. The summed E-state index contributed by atoms with van der Waals surface area (Å²) in [6.07, 6.45) is 5.16. The van der Waals surface area contributed by atoms with E-state index in [4.69, 9.17) is 5.11 Å². The number of hydrogen-bond donors (Lipinski definition) is 2. The summed E-state index contributed by atoms with van der Waals surface area (Å²) in [7, 11) is 0. The molecule has 0 aromatic carbocycles. The van der Waals surface area contributed by atoms with Crippen LogP contribution in [0.25, 0.3) is 0 Å². The van der Waals surface area contributed by atoms with Crippen molar-refractivity contribution in [3.05, 3.63) is 0 Å². The summed E-state index contributed by atoms with van der Waals surface area (Å²) in [5.41, 5.74) is 0. The SMILES string of the molecule is CCCCN(CCO)C(=O)CCNC1CC1. The van der Waals surface area contributed by atoms with Crippen molar-refractivity contribution in [3.8, 4) is 0 Å². The molecule has 0 aromatic rings. The lowest BCUT2D eigenvalue weighted by Gasteiger charge is -2.21. The van der Waals surface area contributed by atoms with Crippen LogP contribution < -0.4 is 5.32 Å². The second kappa shape index (κ2) is 7.63. The Morgan fingerprint density at radius 1 is 1.44 bits per heavy atom. The highest BCUT2D eigenvalue weighted by molar-refractivity contribution is 5.76. The van der Waals surface area contributed by atoms with Crippen molar-refractivity contribution >= 4 is 5.91 Å². The van der Waals surface area contributed by atoms with E-state index in [-0.39, 0.29) is 12.5 Å². The predicted octanol–water partition coefficient (Wildman–Crippen LogP) is 0.749. The van der Waals surface area contributed by atoms with Gasteiger partial charge in [-0.15, -0.1) is 0 Å². The molecule has 94 valence electrons. The third kappa shape index (κ3) is 5.47. The largest absolute Gasteiger partial charge is 0.395 e. The lowest BCUT2D eigenvalue weighted by Crippen LogP contribution is -2.36. The monoisotopic (exact) mass is 228 g/mol. The summed E-state index contributed by atoms with van der Waals surface area (Å²) < 4.78 is 0. The average molecular weight is 228 g/mol. The predicted molar refractivity (Wildman–Crippen MR) is 64.2 cm³/mol. The van der Waals surface area contributed by atoms with Crippen LogP contribution in [0.4, 0.5) is 0 Å². The molecule has 1 aliphatic rings. The van der Waals surface area contributed by atoms with Crippen molar-refractivity contribution in [1.82, 2.24) is 10.2 Å². The Labute approximate surface area is 98.0 Å². The first-order valence-corrected chi connectivity index (χ1v) is 6.40. The van der Waals surface area contributed by atoms with Gasteiger partial charge in [-0.25, -0.2) is 0 Å². The van der Waals surface area contributed by atoms with Crippen LogP contribution in [-0.4, -0.2) is 48.2 Å². The molecule has 0 radical (unpaired) electrons. The molecule has 0 saturated heterocycles. The molecular weight excluding hydrogens is 204 g/mol. The van der Waals surface area contributed by atoms with Gasteiger partial charge in [-0.2, -0.15) is 0 Å². The van der Waals surface area contributed by atoms with Gasteiger partial charge in [-0.3, -0.25) is 4.79 Å². The molecule has 0 spiro atoms. The van der Waals surface area contributed by atoms with E-state index < -0.39 is 0 Å². The second-order valence-electron chi connectivity index (χ2n) is 4.44. The van der Waals surface area contributed by atoms with Gasteiger partial charge in [0.2, 0.25) is 5.91 Å². The van der Waals surface area contributed by atoms with Crippen LogP contribution >= 0.6 is 0 Å². The molecule has 1 saturated carbocycles. The van der Waals surface area contributed by atoms with Crippen LogP contribution in [-0.2, 0) is 4.79 Å². The molecule has 0 unspecified atom stereocenters. The number of aliphatic hydroxyl groups is 1. The topological polar surface area (TPSA) is 52.6 Å². The van der Waals surface area contributed by atoms with Crippen molar-refractivity contribution in [1.29, 1.82) is 0 Å². The van der Waals surface area contributed by atoms with E-state index in [1.807, 2.05) is 0 Å². The number of aliphatic hydroxyl groups excluding tert-OH is 1. The zero-order valence-electron chi connectivity index (χ0n) is 10.2. The molecule has 0 atom stereocenters. The Balaban J connectivity index is 2.15. The second-order valence-corrected chi connectivity index (χ2v) is 4.44. The van der Waals surface area contributed by atoms with Gasteiger partial charge in [0.05, 0.1) is 6.61 Å². The Morgan fingerprint density at radius 2 is 2.19 bits per heavy atom. The van der Waals surface area contributed by atoms with Crippen LogP contribution in [0.1, 0.15) is 39.0 Å². The lowest BCUT2D eigenvalue weighted by atomic mass is 10.3. The standard InChI is InChI=1S/C12H24N2O2/c1-2-3-8-14(9-10-15)12(16)6-7-13-11-4-5-11/h11,13,15H,2-10H2,1H3. The molecule has 0 aliphatic heterocycles. The Hall–Kier alpha value is -0.610. The third-order valence-corrected chi connectivity index (χ3v) is 2.85. The molecule has 0 bridgehead atoms. The van der Waals surface area contributed by atoms with E-state index in [0.717, 1.165) is 25.9 Å². The maximum absolute atomic E-state index is 11.8. The minimum atomic E-state index is 0.0610. The number of amides is 1. The molecule has 4 nitrogen and oxygen atoms in total. The van der Waals surface area contributed by atoms with Gasteiger partial charge in [0.25, 0.3) is 0 Å². The fourth-order valence-corrected chi connectivity index (χ4v) is 1.66. The van der Waals surface area contributed by atoms with Crippen LogP contribution in [0, 0.1) is 0 Å². The molecular formula is C12H24N2O2. The molecule has 2 N–H and O–H groups in total. The molecule has 1 rings (SSSR count). The van der Waals surface area contributed by atoms with E-state index in [0.29, 0.717) is 19.0 Å². The fraction of sp³-hybridized carbons (Fsp3) is 0.917. The Kier molecular flexibility index (Phi) is 6.42. The van der Waals surface area contributed by atoms with Gasteiger partial charge in [-0.05, 0) is 19.3 Å². The highest BCUT2D eigenvalue weighted by Gasteiger charge is 2.20. The summed E-state index contributed by atoms with van der Waals surface area (Å²) >= 11 is 0. The van der Waals surface area contributed by atoms with Crippen molar-refractivity contribution in [2.24, 2.45) is 0 Å². The number of hydrogen-bond acceptors (Lipinski definition) is 3. The number of nitrogens with one attached hydrogen (secondary N) is 1. The first-order valence-electron chi connectivity index (χ1n) is 6.40. The molecule has 4 heteroatoms. The highest BCUT2D eigenvalue weighted by Crippen LogP contribution is 2.18. The smallest absolute Gasteiger partial charge is 0.223 e. The van der Waals surface area contributed by atoms with Crippen molar-refractivity contribution < 1.29 is 9.90 Å². The lowest BCUT2D eigenvalue weighted by molar-refractivity contribution is -0.131. The van der Waals surface area contributed by atoms with Crippen molar-refractivity contribution in [2.45, 2.75) is 45.1 Å². The summed E-state index contributed by atoms with van der Waals surface area (Å²) in [6, 6.07) is 0.662. The van der Waals surface area contributed by atoms with Crippen LogP contribution in [0.2, 0.25) is 0 Å². The van der Waals surface area contributed by atoms with Crippen LogP contribution in [0.15, 0.2) is 0 Å². The van der Waals surface area contributed by atoms with Gasteiger partial charge in [-0.1, -0.05) is 13.3 Å². The molecule has 16 heavy (non-hydrogen) atoms. The number of nitrogens with zero attached hydrogens (tertiary/aromatic N) is 1. The summed E-state index contributed by atoms with van der Waals surface area (Å²) in [4.78, 5) is 13.6. The number of rotatable bonds is 9. The van der Waals surface area contributed by atoms with Gasteiger partial charge in [0.15, 0.2) is 0 Å². The van der Waals surface area contributed by atoms with E-state index in [1.54, 1.807) is 4.90 Å². The zero-order valence-corrected chi connectivity index (χ0v) is 10.2. The van der Waals surface area contributed by atoms with Crippen LogP contribution in [0.5, 0.6) is 0 Å². The maximum Gasteiger partial charge on any atom is 0.223 e. The van der Waals surface area contributed by atoms with Crippen molar-refractivity contribution in [3.63, 3.8) is 0 Å². The van der Waals surface area contributed by atoms with E-state index in [1.165, 1.54) is 12.8 Å². The quantitative estimate of drug-likeness (QED) is 0.612. The van der Waals surface area contributed by atoms with E-state index in [9.17, 15) is 4.79 Å². The fourth-order valence-electron chi connectivity index (χ4n) is 1.66. The molecule has 0 aromatic heterocycles. The first-order chi connectivity index (χ1) is 7.77. The Morgan fingerprint density at radius 3 is 2.75 bits per heavy atom. The summed E-state index contributed by atoms with van der Waals surface area (Å²) in [5.74, 6) is 0.163. The van der Waals surface area contributed by atoms with Gasteiger partial charge in [0.1, 0.15) is 0 Å². The van der Waals surface area contributed by atoms with Crippen LogP contribution in [0.3, 0.4) is 0 Å². The van der Waals surface area contributed by atoms with Gasteiger partial charge >= 0.3 is 0 Å². The molecule has 1 fully saturated rings. The summed E-state index contributed by atoms with van der Waals surface area (Å²) in [6.45, 7) is 4.20. The average Bonchev–Trinajstić information content (AvgIpc) is 3.08. The molecule has 0 heterocycles. The molecule has 1 amide bonds. The normalized spacial score (nSPS) is 15.1. The Bertz CT molecular complexity index is 205. The maximum atomic E-state index is 11.8. The summed E-state index contributed by atoms with van der Waals surface area (Å²) in [5, 5.41) is 12.2. The van der Waals surface area contributed by atoms with Gasteiger partial charge < -0.3 is 15.3 Å². The minimum absolute atomic E-state index is 0.0610. The number of carbonyl (C=O) groups is 1. The number of unbranched alkanes of at least 4 members (excludes halogenated alkanes) is 1. The van der Waals surface area contributed by atoms with E-state index >= 15 is 0 Å². The van der Waals surface area contributed by atoms with Crippen molar-refractivity contribution in [2.75, 3.05) is 26.2 Å². The highest BCUT2D eigenvalue weighted by atomic mass is 16.3. The zero-order chi connectivity index (χ0) is 11.8.